The predicted octanol–water partition coefficient (Wildman–Crippen LogP) is 3.61. The molecule has 0 aliphatic carbocycles. The molecular weight excluding hydrogens is 220 g/mol. The molecule has 1 unspecified atom stereocenters. The molecule has 0 saturated heterocycles. The van der Waals surface area contributed by atoms with Crippen LogP contribution in [0.2, 0.25) is 0 Å². The van der Waals surface area contributed by atoms with Gasteiger partial charge in [0, 0.05) is 24.7 Å². The molecule has 90 valence electrons. The summed E-state index contributed by atoms with van der Waals surface area (Å²) in [6, 6.07) is 4.59. The fourth-order valence-electron chi connectivity index (χ4n) is 1.57. The van der Waals surface area contributed by atoms with Crippen LogP contribution >= 0.6 is 11.6 Å². The molecule has 0 spiro atoms. The lowest BCUT2D eigenvalue weighted by molar-refractivity contribution is 0.502. The van der Waals surface area contributed by atoms with Crippen LogP contribution in [-0.2, 0) is 5.88 Å². The predicted molar refractivity (Wildman–Crippen MR) is 71.2 cm³/mol. The highest BCUT2D eigenvalue weighted by molar-refractivity contribution is 6.17. The number of aromatic nitrogens is 1. The van der Waals surface area contributed by atoms with E-state index >= 15 is 0 Å². The van der Waals surface area contributed by atoms with Gasteiger partial charge in [0.2, 0.25) is 0 Å². The first-order valence-electron chi connectivity index (χ1n) is 5.72. The van der Waals surface area contributed by atoms with Crippen molar-refractivity contribution in [2.45, 2.75) is 39.6 Å². The first-order valence-corrected chi connectivity index (χ1v) is 6.26. The van der Waals surface area contributed by atoms with E-state index in [1.165, 1.54) is 0 Å². The van der Waals surface area contributed by atoms with Crippen molar-refractivity contribution < 1.29 is 0 Å². The number of halogens is 1. The van der Waals surface area contributed by atoms with Crippen LogP contribution in [0.1, 0.15) is 32.0 Å². The molecule has 3 heteroatoms. The van der Waals surface area contributed by atoms with E-state index in [4.69, 9.17) is 11.6 Å². The van der Waals surface area contributed by atoms with Crippen molar-refractivity contribution in [1.82, 2.24) is 4.98 Å². The highest BCUT2D eigenvalue weighted by atomic mass is 35.5. The van der Waals surface area contributed by atoms with E-state index in [1.54, 1.807) is 0 Å². The van der Waals surface area contributed by atoms with E-state index in [0.29, 0.717) is 17.8 Å². The van der Waals surface area contributed by atoms with Crippen LogP contribution in [0.3, 0.4) is 0 Å². The molecule has 0 radical (unpaired) electrons. The van der Waals surface area contributed by atoms with Crippen molar-refractivity contribution in [3.05, 3.63) is 23.4 Å². The molecule has 0 fully saturated rings. The first-order chi connectivity index (χ1) is 7.47. The van der Waals surface area contributed by atoms with Crippen LogP contribution in [0.25, 0.3) is 0 Å². The molecular formula is C13H21ClN2. The SMILES string of the molecule is Cc1nc(N(C)C(C)C(C)C)ccc1CCl. The Labute approximate surface area is 104 Å². The molecule has 16 heavy (non-hydrogen) atoms. The lowest BCUT2D eigenvalue weighted by Gasteiger charge is -2.29. The summed E-state index contributed by atoms with van der Waals surface area (Å²) >= 11 is 5.82. The van der Waals surface area contributed by atoms with E-state index in [-0.39, 0.29) is 0 Å². The van der Waals surface area contributed by atoms with Gasteiger partial charge >= 0.3 is 0 Å². The van der Waals surface area contributed by atoms with Gasteiger partial charge in [-0.25, -0.2) is 4.98 Å². The summed E-state index contributed by atoms with van der Waals surface area (Å²) in [5, 5.41) is 0. The van der Waals surface area contributed by atoms with E-state index in [1.807, 2.05) is 13.0 Å². The number of aryl methyl sites for hydroxylation is 1. The van der Waals surface area contributed by atoms with Gasteiger partial charge in [-0.1, -0.05) is 19.9 Å². The minimum Gasteiger partial charge on any atom is -0.357 e. The zero-order valence-corrected chi connectivity index (χ0v) is 11.5. The summed E-state index contributed by atoms with van der Waals surface area (Å²) in [4.78, 5) is 6.81. The summed E-state index contributed by atoms with van der Waals surface area (Å²) in [6.07, 6.45) is 0. The molecule has 1 aromatic rings. The second kappa shape index (κ2) is 5.53. The maximum atomic E-state index is 5.82. The normalized spacial score (nSPS) is 12.9. The Balaban J connectivity index is 2.92. The molecule has 0 aromatic carbocycles. The average molecular weight is 241 g/mol. The van der Waals surface area contributed by atoms with Gasteiger partial charge in [-0.2, -0.15) is 0 Å². The van der Waals surface area contributed by atoms with Crippen molar-refractivity contribution in [2.24, 2.45) is 5.92 Å². The van der Waals surface area contributed by atoms with Gasteiger partial charge in [0.1, 0.15) is 5.82 Å². The van der Waals surface area contributed by atoms with Crippen LogP contribution in [0, 0.1) is 12.8 Å². The lowest BCUT2D eigenvalue weighted by atomic mass is 10.1. The number of anilines is 1. The molecule has 1 rings (SSSR count). The van der Waals surface area contributed by atoms with Crippen LogP contribution in [-0.4, -0.2) is 18.1 Å². The van der Waals surface area contributed by atoms with Crippen molar-refractivity contribution in [3.63, 3.8) is 0 Å². The summed E-state index contributed by atoms with van der Waals surface area (Å²) < 4.78 is 0. The Bertz CT molecular complexity index is 350. The van der Waals surface area contributed by atoms with Gasteiger partial charge in [0.15, 0.2) is 0 Å². The number of hydrogen-bond acceptors (Lipinski definition) is 2. The number of pyridine rings is 1. The molecule has 0 amide bonds. The number of hydrogen-bond donors (Lipinski definition) is 0. The third-order valence-corrected chi connectivity index (χ3v) is 3.55. The van der Waals surface area contributed by atoms with Gasteiger partial charge in [-0.15, -0.1) is 11.6 Å². The van der Waals surface area contributed by atoms with Crippen molar-refractivity contribution >= 4 is 17.4 Å². The van der Waals surface area contributed by atoms with Crippen molar-refractivity contribution in [1.29, 1.82) is 0 Å². The van der Waals surface area contributed by atoms with Gasteiger partial charge in [-0.3, -0.25) is 0 Å². The topological polar surface area (TPSA) is 16.1 Å². The minimum absolute atomic E-state index is 0.480. The van der Waals surface area contributed by atoms with E-state index < -0.39 is 0 Å². The Kier molecular flexibility index (Phi) is 4.60. The number of alkyl halides is 1. The fraction of sp³-hybridized carbons (Fsp3) is 0.615. The largest absolute Gasteiger partial charge is 0.357 e. The van der Waals surface area contributed by atoms with Gasteiger partial charge in [0.05, 0.1) is 0 Å². The third kappa shape index (κ3) is 2.88. The molecule has 0 N–H and O–H groups in total. The molecule has 1 heterocycles. The minimum atomic E-state index is 0.480. The smallest absolute Gasteiger partial charge is 0.128 e. The van der Waals surface area contributed by atoms with E-state index in [2.05, 4.69) is 43.8 Å². The van der Waals surface area contributed by atoms with Crippen LogP contribution < -0.4 is 4.90 Å². The summed E-state index contributed by atoms with van der Waals surface area (Å²) in [6.45, 7) is 8.68. The molecule has 1 atom stereocenters. The second-order valence-corrected chi connectivity index (χ2v) is 4.91. The lowest BCUT2D eigenvalue weighted by Crippen LogP contribution is -2.33. The second-order valence-electron chi connectivity index (χ2n) is 4.64. The van der Waals surface area contributed by atoms with Crippen molar-refractivity contribution in [3.8, 4) is 0 Å². The Morgan fingerprint density at radius 3 is 2.38 bits per heavy atom. The molecule has 0 aliphatic heterocycles. The summed E-state index contributed by atoms with van der Waals surface area (Å²) in [5.41, 5.74) is 2.13. The van der Waals surface area contributed by atoms with Gasteiger partial charge in [-0.05, 0) is 31.4 Å². The standard InChI is InChI=1S/C13H21ClN2/c1-9(2)11(4)16(5)13-7-6-12(8-14)10(3)15-13/h6-7,9,11H,8H2,1-5H3. The Hall–Kier alpha value is -0.760. The summed E-state index contributed by atoms with van der Waals surface area (Å²) in [5.74, 6) is 2.16. The Morgan fingerprint density at radius 1 is 1.31 bits per heavy atom. The number of rotatable bonds is 4. The Morgan fingerprint density at radius 2 is 1.94 bits per heavy atom. The maximum absolute atomic E-state index is 5.82. The van der Waals surface area contributed by atoms with E-state index in [0.717, 1.165) is 17.1 Å². The van der Waals surface area contributed by atoms with Gasteiger partial charge < -0.3 is 4.90 Å². The summed E-state index contributed by atoms with van der Waals surface area (Å²) in [7, 11) is 2.09. The first kappa shape index (κ1) is 13.3. The molecule has 0 aliphatic rings. The van der Waals surface area contributed by atoms with Crippen LogP contribution in [0.15, 0.2) is 12.1 Å². The zero-order chi connectivity index (χ0) is 12.3. The monoisotopic (exact) mass is 240 g/mol. The fourth-order valence-corrected chi connectivity index (χ4v) is 1.85. The van der Waals surface area contributed by atoms with E-state index in [9.17, 15) is 0 Å². The molecule has 0 bridgehead atoms. The highest BCUT2D eigenvalue weighted by Gasteiger charge is 2.15. The zero-order valence-electron chi connectivity index (χ0n) is 10.8. The number of nitrogens with zero attached hydrogens (tertiary/aromatic N) is 2. The maximum Gasteiger partial charge on any atom is 0.128 e. The molecule has 2 nitrogen and oxygen atoms in total. The average Bonchev–Trinajstić information content (AvgIpc) is 2.26. The molecule has 0 saturated carbocycles. The highest BCUT2D eigenvalue weighted by Crippen LogP contribution is 2.19. The molecule has 1 aromatic heterocycles. The van der Waals surface area contributed by atoms with Crippen LogP contribution in [0.5, 0.6) is 0 Å². The third-order valence-electron chi connectivity index (χ3n) is 3.26. The van der Waals surface area contributed by atoms with Gasteiger partial charge in [0.25, 0.3) is 0 Å². The quantitative estimate of drug-likeness (QED) is 0.748. The van der Waals surface area contributed by atoms with Crippen LogP contribution in [0.4, 0.5) is 5.82 Å². The van der Waals surface area contributed by atoms with Crippen molar-refractivity contribution in [2.75, 3.05) is 11.9 Å².